The lowest BCUT2D eigenvalue weighted by atomic mass is 10.1. The van der Waals surface area contributed by atoms with E-state index in [0.717, 1.165) is 30.9 Å². The second kappa shape index (κ2) is 5.43. The Hall–Kier alpha value is -0.190. The Morgan fingerprint density at radius 2 is 2.12 bits per heavy atom. The molecule has 2 heterocycles. The maximum atomic E-state index is 11.2. The monoisotopic (exact) mass is 257 g/mol. The lowest BCUT2D eigenvalue weighted by Crippen LogP contribution is -2.35. The van der Waals surface area contributed by atoms with Crippen molar-refractivity contribution in [3.05, 3.63) is 21.4 Å². The predicted molar refractivity (Wildman–Crippen MR) is 71.5 cm³/mol. The summed E-state index contributed by atoms with van der Waals surface area (Å²) < 4.78 is 11.2. The van der Waals surface area contributed by atoms with Crippen molar-refractivity contribution in [2.75, 3.05) is 11.5 Å². The van der Waals surface area contributed by atoms with Crippen molar-refractivity contribution >= 4 is 22.1 Å². The molecular formula is C12H19NOS2. The minimum absolute atomic E-state index is 0.546. The van der Waals surface area contributed by atoms with E-state index in [9.17, 15) is 4.21 Å². The summed E-state index contributed by atoms with van der Waals surface area (Å²) >= 11 is 1.88. The summed E-state index contributed by atoms with van der Waals surface area (Å²) in [7, 11) is -0.546. The summed E-state index contributed by atoms with van der Waals surface area (Å²) in [5.41, 5.74) is 1.39. The Balaban J connectivity index is 1.81. The second-order valence-corrected chi connectivity index (χ2v) is 7.49. The van der Waals surface area contributed by atoms with Crippen LogP contribution >= 0.6 is 11.3 Å². The molecule has 0 bridgehead atoms. The van der Waals surface area contributed by atoms with E-state index in [1.54, 1.807) is 0 Å². The molecule has 0 aromatic carbocycles. The molecule has 90 valence electrons. The fraction of sp³-hybridized carbons (Fsp3) is 0.667. The van der Waals surface area contributed by atoms with E-state index >= 15 is 0 Å². The van der Waals surface area contributed by atoms with E-state index < -0.39 is 10.8 Å². The van der Waals surface area contributed by atoms with Gasteiger partial charge < -0.3 is 5.32 Å². The molecule has 1 N–H and O–H groups in total. The Morgan fingerprint density at radius 1 is 1.44 bits per heavy atom. The summed E-state index contributed by atoms with van der Waals surface area (Å²) in [6, 6.07) is 2.84. The van der Waals surface area contributed by atoms with Gasteiger partial charge in [-0.25, -0.2) is 0 Å². The Kier molecular flexibility index (Phi) is 4.16. The minimum atomic E-state index is -0.546. The van der Waals surface area contributed by atoms with Gasteiger partial charge in [0, 0.05) is 44.6 Å². The van der Waals surface area contributed by atoms with Crippen LogP contribution in [0, 0.1) is 13.8 Å². The van der Waals surface area contributed by atoms with Gasteiger partial charge in [-0.15, -0.1) is 11.3 Å². The van der Waals surface area contributed by atoms with Crippen LogP contribution in [0.1, 0.15) is 28.2 Å². The van der Waals surface area contributed by atoms with Crippen LogP contribution in [0.15, 0.2) is 6.07 Å². The van der Waals surface area contributed by atoms with Crippen LogP contribution in [0.3, 0.4) is 0 Å². The van der Waals surface area contributed by atoms with Crippen molar-refractivity contribution in [3.63, 3.8) is 0 Å². The molecule has 1 fully saturated rings. The van der Waals surface area contributed by atoms with E-state index in [2.05, 4.69) is 25.2 Å². The summed E-state index contributed by atoms with van der Waals surface area (Å²) in [6.45, 7) is 5.31. The van der Waals surface area contributed by atoms with Crippen LogP contribution in [0.25, 0.3) is 0 Å². The van der Waals surface area contributed by atoms with Crippen LogP contribution < -0.4 is 5.32 Å². The van der Waals surface area contributed by atoms with E-state index in [4.69, 9.17) is 0 Å². The first-order valence-corrected chi connectivity index (χ1v) is 8.10. The van der Waals surface area contributed by atoms with E-state index in [1.807, 2.05) is 11.3 Å². The molecule has 0 spiro atoms. The molecule has 2 nitrogen and oxygen atoms in total. The number of thiophene rings is 1. The molecule has 1 aliphatic heterocycles. The molecule has 0 aliphatic carbocycles. The standard InChI is InChI=1S/C12H19NOS2/c1-9-7-12(15-10(9)2)8-13-11-3-5-16(14)6-4-11/h7,11,13H,3-6,8H2,1-2H3. The molecule has 4 heteroatoms. The average molecular weight is 257 g/mol. The molecule has 1 saturated heterocycles. The second-order valence-electron chi connectivity index (χ2n) is 4.46. The number of rotatable bonds is 3. The largest absolute Gasteiger partial charge is 0.309 e. The molecule has 2 rings (SSSR count). The Morgan fingerprint density at radius 3 is 2.69 bits per heavy atom. The molecule has 0 radical (unpaired) electrons. The van der Waals surface area contributed by atoms with E-state index in [-0.39, 0.29) is 0 Å². The summed E-state index contributed by atoms with van der Waals surface area (Å²) in [5.74, 6) is 1.75. The van der Waals surface area contributed by atoms with Gasteiger partial charge >= 0.3 is 0 Å². The van der Waals surface area contributed by atoms with Crippen molar-refractivity contribution in [2.24, 2.45) is 0 Å². The summed E-state index contributed by atoms with van der Waals surface area (Å²) in [4.78, 5) is 2.84. The molecule has 0 saturated carbocycles. The fourth-order valence-electron chi connectivity index (χ4n) is 1.98. The lowest BCUT2D eigenvalue weighted by Gasteiger charge is -2.22. The first-order valence-electron chi connectivity index (χ1n) is 5.79. The Bertz CT molecular complexity index is 357. The van der Waals surface area contributed by atoms with Crippen LogP contribution in [0.5, 0.6) is 0 Å². The SMILES string of the molecule is Cc1cc(CNC2CCS(=O)CC2)sc1C. The highest BCUT2D eigenvalue weighted by atomic mass is 32.2. The minimum Gasteiger partial charge on any atom is -0.309 e. The smallest absolute Gasteiger partial charge is 0.0302 e. The number of hydrogen-bond acceptors (Lipinski definition) is 3. The maximum absolute atomic E-state index is 11.2. The van der Waals surface area contributed by atoms with Crippen molar-refractivity contribution < 1.29 is 4.21 Å². The predicted octanol–water partition coefficient (Wildman–Crippen LogP) is 2.37. The van der Waals surface area contributed by atoms with Crippen molar-refractivity contribution in [1.82, 2.24) is 5.32 Å². The molecule has 0 amide bonds. The van der Waals surface area contributed by atoms with Crippen LogP contribution in [0.2, 0.25) is 0 Å². The van der Waals surface area contributed by atoms with Gasteiger partial charge in [0.05, 0.1) is 0 Å². The normalized spacial score (nSPS) is 25.9. The quantitative estimate of drug-likeness (QED) is 0.900. The molecule has 0 unspecified atom stereocenters. The molecule has 1 aliphatic rings. The zero-order chi connectivity index (χ0) is 11.5. The van der Waals surface area contributed by atoms with E-state index in [0.29, 0.717) is 6.04 Å². The lowest BCUT2D eigenvalue weighted by molar-refractivity contribution is 0.477. The first kappa shape index (κ1) is 12.3. The zero-order valence-corrected chi connectivity index (χ0v) is 11.5. The topological polar surface area (TPSA) is 29.1 Å². The summed E-state index contributed by atoms with van der Waals surface area (Å²) in [5, 5.41) is 3.57. The van der Waals surface area contributed by atoms with Crippen LogP contribution in [-0.4, -0.2) is 21.8 Å². The third-order valence-corrected chi connectivity index (χ3v) is 5.70. The van der Waals surface area contributed by atoms with E-state index in [1.165, 1.54) is 15.3 Å². The highest BCUT2D eigenvalue weighted by molar-refractivity contribution is 7.85. The highest BCUT2D eigenvalue weighted by Crippen LogP contribution is 2.21. The molecule has 1 aromatic rings. The van der Waals surface area contributed by atoms with Gasteiger partial charge in [0.2, 0.25) is 0 Å². The first-order chi connectivity index (χ1) is 7.65. The maximum Gasteiger partial charge on any atom is 0.0302 e. The molecule has 1 aromatic heterocycles. The highest BCUT2D eigenvalue weighted by Gasteiger charge is 2.17. The average Bonchev–Trinajstić information content (AvgIpc) is 2.58. The van der Waals surface area contributed by atoms with Crippen LogP contribution in [-0.2, 0) is 17.3 Å². The fourth-order valence-corrected chi connectivity index (χ4v) is 4.28. The van der Waals surface area contributed by atoms with Crippen molar-refractivity contribution in [2.45, 2.75) is 39.3 Å². The third-order valence-electron chi connectivity index (χ3n) is 3.17. The van der Waals surface area contributed by atoms with Crippen molar-refractivity contribution in [3.8, 4) is 0 Å². The van der Waals surface area contributed by atoms with Gasteiger partial charge in [0.15, 0.2) is 0 Å². The number of aryl methyl sites for hydroxylation is 2. The number of nitrogens with one attached hydrogen (secondary N) is 1. The van der Waals surface area contributed by atoms with Crippen molar-refractivity contribution in [1.29, 1.82) is 0 Å². The van der Waals surface area contributed by atoms with Gasteiger partial charge in [0.25, 0.3) is 0 Å². The van der Waals surface area contributed by atoms with Gasteiger partial charge in [-0.3, -0.25) is 4.21 Å². The van der Waals surface area contributed by atoms with Crippen LogP contribution in [0.4, 0.5) is 0 Å². The third kappa shape index (κ3) is 3.15. The van der Waals surface area contributed by atoms with Gasteiger partial charge in [-0.05, 0) is 38.3 Å². The van der Waals surface area contributed by atoms with Gasteiger partial charge in [0.1, 0.15) is 0 Å². The van der Waals surface area contributed by atoms with Gasteiger partial charge in [-0.2, -0.15) is 0 Å². The molecular weight excluding hydrogens is 238 g/mol. The van der Waals surface area contributed by atoms with Gasteiger partial charge in [-0.1, -0.05) is 0 Å². The molecule has 16 heavy (non-hydrogen) atoms. The Labute approximate surface area is 104 Å². The number of hydrogen-bond donors (Lipinski definition) is 1. The zero-order valence-electron chi connectivity index (χ0n) is 9.91. The summed E-state index contributed by atoms with van der Waals surface area (Å²) in [6.07, 6.45) is 2.13. The molecule has 0 atom stereocenters.